The normalized spacial score (nSPS) is 14.6. The van der Waals surface area contributed by atoms with Crippen molar-refractivity contribution in [3.05, 3.63) is 43.7 Å². The Bertz CT molecular complexity index is 822. The van der Waals surface area contributed by atoms with Crippen molar-refractivity contribution in [3.63, 3.8) is 0 Å². The molecule has 1 N–H and O–H groups in total. The van der Waals surface area contributed by atoms with Crippen LogP contribution in [0, 0.1) is 6.92 Å². The van der Waals surface area contributed by atoms with Gasteiger partial charge in [0, 0.05) is 22.3 Å². The van der Waals surface area contributed by atoms with Crippen LogP contribution < -0.4 is 5.43 Å². The molecule has 0 unspecified atom stereocenters. The average molecular weight is 326 g/mol. The van der Waals surface area contributed by atoms with Crippen LogP contribution in [-0.2, 0) is 11.2 Å². The average Bonchev–Trinajstić information content (AvgIpc) is 3.17. The molecule has 0 bridgehead atoms. The Morgan fingerprint density at radius 2 is 2.05 bits per heavy atom. The zero-order chi connectivity index (χ0) is 15.3. The van der Waals surface area contributed by atoms with Crippen molar-refractivity contribution >= 4 is 40.1 Å². The van der Waals surface area contributed by atoms with Gasteiger partial charge in [-0.1, -0.05) is 23.2 Å². The molecule has 4 nitrogen and oxygen atoms in total. The van der Waals surface area contributed by atoms with Gasteiger partial charge in [-0.25, -0.2) is 0 Å². The third kappa shape index (κ3) is 2.43. The summed E-state index contributed by atoms with van der Waals surface area (Å²) < 4.78 is 2.01. The van der Waals surface area contributed by atoms with Crippen LogP contribution in [0.2, 0.25) is 10.0 Å². The first-order valence-corrected chi connectivity index (χ1v) is 7.40. The van der Waals surface area contributed by atoms with Gasteiger partial charge < -0.3 is 9.67 Å². The van der Waals surface area contributed by atoms with Gasteiger partial charge in [0.15, 0.2) is 5.43 Å². The Morgan fingerprint density at radius 1 is 1.38 bits per heavy atom. The number of aliphatic carboxylic acids is 1. The van der Waals surface area contributed by atoms with Gasteiger partial charge in [0.25, 0.3) is 0 Å². The van der Waals surface area contributed by atoms with E-state index in [1.54, 1.807) is 13.0 Å². The molecule has 1 saturated carbocycles. The quantitative estimate of drug-likeness (QED) is 0.938. The van der Waals surface area contributed by atoms with Gasteiger partial charge in [-0.2, -0.15) is 0 Å². The minimum atomic E-state index is -1.03. The van der Waals surface area contributed by atoms with Crippen molar-refractivity contribution in [2.75, 3.05) is 0 Å². The number of halogens is 2. The fraction of sp³-hybridized carbons (Fsp3) is 0.333. The highest BCUT2D eigenvalue weighted by molar-refractivity contribution is 6.38. The summed E-state index contributed by atoms with van der Waals surface area (Å²) in [4.78, 5) is 23.7. The second-order valence-corrected chi connectivity index (χ2v) is 6.19. The Kier molecular flexibility index (Phi) is 3.46. The first-order valence-electron chi connectivity index (χ1n) is 6.64. The Balaban J connectivity index is 2.45. The predicted octanol–water partition coefficient (Wildman–Crippen LogP) is 3.58. The van der Waals surface area contributed by atoms with Crippen LogP contribution in [0.3, 0.4) is 0 Å². The van der Waals surface area contributed by atoms with Crippen molar-refractivity contribution in [2.24, 2.45) is 0 Å². The molecule has 0 spiro atoms. The summed E-state index contributed by atoms with van der Waals surface area (Å²) in [6.45, 7) is 1.78. The maximum absolute atomic E-state index is 12.6. The molecule has 0 saturated heterocycles. The molecule has 21 heavy (non-hydrogen) atoms. The van der Waals surface area contributed by atoms with Gasteiger partial charge in [0.05, 0.1) is 22.3 Å². The summed E-state index contributed by atoms with van der Waals surface area (Å²) in [5.74, 6) is -1.03. The number of carboxylic acids is 1. The van der Waals surface area contributed by atoms with Gasteiger partial charge >= 0.3 is 5.97 Å². The summed E-state index contributed by atoms with van der Waals surface area (Å²) in [7, 11) is 0. The minimum Gasteiger partial charge on any atom is -0.481 e. The molecule has 110 valence electrons. The third-order valence-electron chi connectivity index (χ3n) is 3.83. The van der Waals surface area contributed by atoms with E-state index in [9.17, 15) is 9.59 Å². The standard InChI is InChI=1S/C15H13Cl2NO3/c1-7-10(6-13(19)20)15(21)14-11(17)4-8(16)5-12(14)18(7)9-2-3-9/h4-5,9H,2-3,6H2,1H3,(H,19,20). The number of hydrogen-bond acceptors (Lipinski definition) is 2. The summed E-state index contributed by atoms with van der Waals surface area (Å²) in [6, 6.07) is 3.53. The van der Waals surface area contributed by atoms with Crippen LogP contribution in [0.4, 0.5) is 0 Å². The fourth-order valence-corrected chi connectivity index (χ4v) is 3.35. The van der Waals surface area contributed by atoms with E-state index in [1.165, 1.54) is 6.07 Å². The van der Waals surface area contributed by atoms with Crippen molar-refractivity contribution in [1.82, 2.24) is 4.57 Å². The molecule has 0 radical (unpaired) electrons. The first-order chi connectivity index (χ1) is 9.90. The molecule has 0 aliphatic heterocycles. The Labute approximate surface area is 130 Å². The highest BCUT2D eigenvalue weighted by atomic mass is 35.5. The van der Waals surface area contributed by atoms with Crippen LogP contribution in [0.5, 0.6) is 0 Å². The molecule has 3 rings (SSSR count). The largest absolute Gasteiger partial charge is 0.481 e. The molecular weight excluding hydrogens is 313 g/mol. The van der Waals surface area contributed by atoms with Crippen molar-refractivity contribution in [3.8, 4) is 0 Å². The number of pyridine rings is 1. The van der Waals surface area contributed by atoms with E-state index >= 15 is 0 Å². The molecule has 1 heterocycles. The molecule has 2 aromatic rings. The minimum absolute atomic E-state index is 0.267. The lowest BCUT2D eigenvalue weighted by Gasteiger charge is -2.18. The number of rotatable bonds is 3. The van der Waals surface area contributed by atoms with Crippen molar-refractivity contribution < 1.29 is 9.90 Å². The van der Waals surface area contributed by atoms with Crippen LogP contribution in [-0.4, -0.2) is 15.6 Å². The van der Waals surface area contributed by atoms with Crippen molar-refractivity contribution in [1.29, 1.82) is 0 Å². The highest BCUT2D eigenvalue weighted by Crippen LogP contribution is 2.40. The Hall–Kier alpha value is -1.52. The number of carbonyl (C=O) groups is 1. The summed E-state index contributed by atoms with van der Waals surface area (Å²) in [5, 5.41) is 10.1. The zero-order valence-corrected chi connectivity index (χ0v) is 12.8. The first kappa shape index (κ1) is 14.4. The van der Waals surface area contributed by atoms with E-state index < -0.39 is 5.97 Å². The van der Waals surface area contributed by atoms with Crippen LogP contribution in [0.25, 0.3) is 10.9 Å². The van der Waals surface area contributed by atoms with Crippen LogP contribution in [0.15, 0.2) is 16.9 Å². The second kappa shape index (κ2) is 5.04. The predicted molar refractivity (Wildman–Crippen MR) is 82.6 cm³/mol. The monoisotopic (exact) mass is 325 g/mol. The van der Waals surface area contributed by atoms with E-state index in [0.717, 1.165) is 12.8 Å². The topological polar surface area (TPSA) is 59.3 Å². The van der Waals surface area contributed by atoms with Crippen molar-refractivity contribution in [2.45, 2.75) is 32.2 Å². The van der Waals surface area contributed by atoms with E-state index in [1.807, 2.05) is 4.57 Å². The zero-order valence-electron chi connectivity index (χ0n) is 11.3. The summed E-state index contributed by atoms with van der Waals surface area (Å²) >= 11 is 12.2. The van der Waals surface area contributed by atoms with Gasteiger partial charge in [-0.3, -0.25) is 9.59 Å². The summed E-state index contributed by atoms with van der Waals surface area (Å²) in [6.07, 6.45) is 1.72. The van der Waals surface area contributed by atoms with Gasteiger partial charge in [0.1, 0.15) is 0 Å². The highest BCUT2D eigenvalue weighted by Gasteiger charge is 2.29. The maximum atomic E-state index is 12.6. The van der Waals surface area contributed by atoms with Gasteiger partial charge in [-0.15, -0.1) is 0 Å². The number of carboxylic acid groups (broad SMARTS) is 1. The van der Waals surface area contributed by atoms with Crippen LogP contribution >= 0.6 is 23.2 Å². The van der Waals surface area contributed by atoms with E-state index in [0.29, 0.717) is 27.2 Å². The molecule has 6 heteroatoms. The second-order valence-electron chi connectivity index (χ2n) is 5.35. The number of hydrogen-bond donors (Lipinski definition) is 1. The molecule has 1 aliphatic rings. The number of fused-ring (bicyclic) bond motifs is 1. The molecule has 0 atom stereocenters. The third-order valence-corrected chi connectivity index (χ3v) is 4.35. The smallest absolute Gasteiger partial charge is 0.308 e. The lowest BCUT2D eigenvalue weighted by molar-refractivity contribution is -0.136. The van der Waals surface area contributed by atoms with E-state index in [2.05, 4.69) is 0 Å². The summed E-state index contributed by atoms with van der Waals surface area (Å²) in [5.41, 5.74) is 1.36. The molecule has 1 fully saturated rings. The number of nitrogens with zero attached hydrogens (tertiary/aromatic N) is 1. The van der Waals surface area contributed by atoms with E-state index in [-0.39, 0.29) is 22.9 Å². The molecule has 0 amide bonds. The number of aromatic nitrogens is 1. The lowest BCUT2D eigenvalue weighted by atomic mass is 10.0. The molecule has 1 aliphatic carbocycles. The van der Waals surface area contributed by atoms with Gasteiger partial charge in [-0.05, 0) is 31.9 Å². The maximum Gasteiger partial charge on any atom is 0.308 e. The fourth-order valence-electron chi connectivity index (χ4n) is 2.78. The SMILES string of the molecule is Cc1c(CC(=O)O)c(=O)c2c(Cl)cc(Cl)cc2n1C1CC1. The molecular formula is C15H13Cl2NO3. The van der Waals surface area contributed by atoms with Crippen LogP contribution in [0.1, 0.15) is 30.1 Å². The van der Waals surface area contributed by atoms with Gasteiger partial charge in [0.2, 0.25) is 0 Å². The molecule has 1 aromatic heterocycles. The van der Waals surface area contributed by atoms with E-state index in [4.69, 9.17) is 28.3 Å². The molecule has 1 aromatic carbocycles. The Morgan fingerprint density at radius 3 is 2.62 bits per heavy atom. The number of benzene rings is 1. The lowest BCUT2D eigenvalue weighted by Crippen LogP contribution is -2.21.